The van der Waals surface area contributed by atoms with E-state index in [1.165, 1.54) is 0 Å². The molecule has 4 N–H and O–H groups in total. The Morgan fingerprint density at radius 1 is 0.875 bits per heavy atom. The summed E-state index contributed by atoms with van der Waals surface area (Å²) in [6.07, 6.45) is 0.892. The van der Waals surface area contributed by atoms with E-state index in [2.05, 4.69) is 44.4 Å². The van der Waals surface area contributed by atoms with Crippen molar-refractivity contribution in [2.24, 2.45) is 11.5 Å². The standard InChI is InChI=1S/C12H30N4/c1-6-11(13)12(14,15(7-2)8-3)16(9-4)10-5/h11H,6-10,13-14H2,1-5H3. The smallest absolute Gasteiger partial charge is 0.141 e. The highest BCUT2D eigenvalue weighted by Crippen LogP contribution is 2.19. The van der Waals surface area contributed by atoms with Gasteiger partial charge in [0.05, 0.1) is 6.04 Å². The van der Waals surface area contributed by atoms with Crippen molar-refractivity contribution >= 4 is 0 Å². The molecule has 98 valence electrons. The van der Waals surface area contributed by atoms with Crippen molar-refractivity contribution in [1.29, 1.82) is 0 Å². The van der Waals surface area contributed by atoms with Crippen LogP contribution in [0.1, 0.15) is 41.0 Å². The molecule has 0 aliphatic rings. The van der Waals surface area contributed by atoms with Gasteiger partial charge in [-0.2, -0.15) is 0 Å². The van der Waals surface area contributed by atoms with Crippen molar-refractivity contribution in [3.05, 3.63) is 0 Å². The molecule has 0 amide bonds. The van der Waals surface area contributed by atoms with Crippen molar-refractivity contribution in [3.8, 4) is 0 Å². The van der Waals surface area contributed by atoms with Gasteiger partial charge in [0.25, 0.3) is 0 Å². The minimum atomic E-state index is -0.512. The summed E-state index contributed by atoms with van der Waals surface area (Å²) < 4.78 is 0. The number of nitrogens with two attached hydrogens (primary N) is 2. The van der Waals surface area contributed by atoms with Crippen LogP contribution in [-0.4, -0.2) is 47.8 Å². The maximum atomic E-state index is 6.61. The maximum Gasteiger partial charge on any atom is 0.141 e. The third-order valence-electron chi connectivity index (χ3n) is 3.53. The Morgan fingerprint density at radius 3 is 1.38 bits per heavy atom. The first-order valence-electron chi connectivity index (χ1n) is 6.57. The average Bonchev–Trinajstić information content (AvgIpc) is 2.30. The summed E-state index contributed by atoms with van der Waals surface area (Å²) >= 11 is 0. The molecule has 0 saturated heterocycles. The van der Waals surface area contributed by atoms with Crippen molar-refractivity contribution < 1.29 is 0 Å². The molecule has 0 rings (SSSR count). The zero-order chi connectivity index (χ0) is 12.8. The summed E-state index contributed by atoms with van der Waals surface area (Å²) in [6.45, 7) is 14.4. The molecule has 1 atom stereocenters. The lowest BCUT2D eigenvalue weighted by atomic mass is 10.0. The fourth-order valence-corrected chi connectivity index (χ4v) is 2.43. The van der Waals surface area contributed by atoms with E-state index in [0.29, 0.717) is 0 Å². The second-order valence-corrected chi connectivity index (χ2v) is 4.14. The molecule has 0 aromatic heterocycles. The minimum Gasteiger partial charge on any atom is -0.324 e. The molecule has 0 spiro atoms. The van der Waals surface area contributed by atoms with E-state index >= 15 is 0 Å². The van der Waals surface area contributed by atoms with Gasteiger partial charge in [0.15, 0.2) is 0 Å². The zero-order valence-electron chi connectivity index (χ0n) is 11.7. The summed E-state index contributed by atoms with van der Waals surface area (Å²) in [5.74, 6) is -0.512. The predicted octanol–water partition coefficient (Wildman–Crippen LogP) is 1.02. The van der Waals surface area contributed by atoms with Gasteiger partial charge in [0.2, 0.25) is 0 Å². The molecule has 0 aliphatic heterocycles. The first-order chi connectivity index (χ1) is 7.52. The third-order valence-corrected chi connectivity index (χ3v) is 3.53. The predicted molar refractivity (Wildman–Crippen MR) is 71.0 cm³/mol. The van der Waals surface area contributed by atoms with Gasteiger partial charge < -0.3 is 5.73 Å². The van der Waals surface area contributed by atoms with Crippen LogP contribution >= 0.6 is 0 Å². The van der Waals surface area contributed by atoms with Crippen LogP contribution in [0, 0.1) is 0 Å². The second-order valence-electron chi connectivity index (χ2n) is 4.14. The summed E-state index contributed by atoms with van der Waals surface area (Å²) in [4.78, 5) is 4.52. The highest BCUT2D eigenvalue weighted by molar-refractivity contribution is 4.92. The molecular formula is C12H30N4. The van der Waals surface area contributed by atoms with Gasteiger partial charge in [-0.3, -0.25) is 15.5 Å². The lowest BCUT2D eigenvalue weighted by Crippen LogP contribution is -2.74. The molecule has 16 heavy (non-hydrogen) atoms. The molecule has 0 aliphatic carbocycles. The fraction of sp³-hybridized carbons (Fsp3) is 1.00. The van der Waals surface area contributed by atoms with Crippen molar-refractivity contribution in [3.63, 3.8) is 0 Å². The normalized spacial score (nSPS) is 14.8. The van der Waals surface area contributed by atoms with E-state index in [0.717, 1.165) is 32.6 Å². The molecule has 0 heterocycles. The van der Waals surface area contributed by atoms with Crippen LogP contribution in [0.2, 0.25) is 0 Å². The summed E-state index contributed by atoms with van der Waals surface area (Å²) in [6, 6.07) is -0.0210. The lowest BCUT2D eigenvalue weighted by molar-refractivity contribution is -0.0659. The highest BCUT2D eigenvalue weighted by Gasteiger charge is 2.40. The topological polar surface area (TPSA) is 58.5 Å². The number of nitrogens with zero attached hydrogens (tertiary/aromatic N) is 2. The van der Waals surface area contributed by atoms with E-state index in [1.807, 2.05) is 0 Å². The fourth-order valence-electron chi connectivity index (χ4n) is 2.43. The van der Waals surface area contributed by atoms with E-state index in [-0.39, 0.29) is 6.04 Å². The molecule has 1 unspecified atom stereocenters. The Bertz CT molecular complexity index is 164. The summed E-state index contributed by atoms with van der Waals surface area (Å²) in [5.41, 5.74) is 12.9. The molecule has 4 heteroatoms. The molecule has 0 saturated carbocycles. The van der Waals surface area contributed by atoms with Gasteiger partial charge >= 0.3 is 0 Å². The van der Waals surface area contributed by atoms with Gasteiger partial charge in [0, 0.05) is 0 Å². The largest absolute Gasteiger partial charge is 0.324 e. The number of rotatable bonds is 8. The third kappa shape index (κ3) is 2.94. The van der Waals surface area contributed by atoms with Crippen LogP contribution < -0.4 is 11.5 Å². The number of hydrogen-bond donors (Lipinski definition) is 2. The summed E-state index contributed by atoms with van der Waals surface area (Å²) in [5, 5.41) is 0. The Kier molecular flexibility index (Phi) is 7.15. The van der Waals surface area contributed by atoms with Gasteiger partial charge in [-0.05, 0) is 32.6 Å². The van der Waals surface area contributed by atoms with Crippen molar-refractivity contribution in [1.82, 2.24) is 9.80 Å². The maximum absolute atomic E-state index is 6.61. The molecule has 0 radical (unpaired) electrons. The molecule has 0 fully saturated rings. The minimum absolute atomic E-state index is 0.0210. The molecule has 0 aromatic rings. The quantitative estimate of drug-likeness (QED) is 0.611. The van der Waals surface area contributed by atoms with Gasteiger partial charge in [0.1, 0.15) is 5.79 Å². The Hall–Kier alpha value is -0.160. The number of likely N-dealkylation sites (N-methyl/N-ethyl adjacent to an activating group) is 2. The van der Waals surface area contributed by atoms with Gasteiger partial charge in [-0.1, -0.05) is 34.6 Å². The van der Waals surface area contributed by atoms with Gasteiger partial charge in [-0.25, -0.2) is 0 Å². The zero-order valence-corrected chi connectivity index (χ0v) is 11.7. The first-order valence-corrected chi connectivity index (χ1v) is 6.57. The van der Waals surface area contributed by atoms with Gasteiger partial charge in [-0.15, -0.1) is 0 Å². The highest BCUT2D eigenvalue weighted by atomic mass is 15.5. The average molecular weight is 230 g/mol. The Balaban J connectivity index is 5.13. The first kappa shape index (κ1) is 15.8. The van der Waals surface area contributed by atoms with E-state index < -0.39 is 5.79 Å². The second kappa shape index (κ2) is 7.22. The number of hydrogen-bond acceptors (Lipinski definition) is 4. The van der Waals surface area contributed by atoms with Crippen LogP contribution in [0.15, 0.2) is 0 Å². The Labute approximate surface area is 101 Å². The van der Waals surface area contributed by atoms with Crippen molar-refractivity contribution in [2.75, 3.05) is 26.2 Å². The van der Waals surface area contributed by atoms with E-state index in [4.69, 9.17) is 11.5 Å². The molecule has 0 aromatic carbocycles. The van der Waals surface area contributed by atoms with Crippen LogP contribution in [0.4, 0.5) is 0 Å². The Morgan fingerprint density at radius 2 is 1.19 bits per heavy atom. The molecule has 4 nitrogen and oxygen atoms in total. The van der Waals surface area contributed by atoms with Crippen LogP contribution in [0.3, 0.4) is 0 Å². The van der Waals surface area contributed by atoms with Crippen molar-refractivity contribution in [2.45, 2.75) is 52.9 Å². The van der Waals surface area contributed by atoms with Crippen LogP contribution in [0.25, 0.3) is 0 Å². The van der Waals surface area contributed by atoms with E-state index in [9.17, 15) is 0 Å². The monoisotopic (exact) mass is 230 g/mol. The molecule has 0 bridgehead atoms. The molecular weight excluding hydrogens is 200 g/mol. The van der Waals surface area contributed by atoms with Crippen LogP contribution in [0.5, 0.6) is 0 Å². The SMILES string of the molecule is CCC(N)C(N)(N(CC)CC)N(CC)CC. The van der Waals surface area contributed by atoms with E-state index in [1.54, 1.807) is 0 Å². The summed E-state index contributed by atoms with van der Waals surface area (Å²) in [7, 11) is 0. The lowest BCUT2D eigenvalue weighted by Gasteiger charge is -2.50. The van der Waals surface area contributed by atoms with Crippen LogP contribution in [-0.2, 0) is 0 Å².